The molecule has 0 fully saturated rings. The average molecular weight is 427 g/mol. The third kappa shape index (κ3) is 5.65. The van der Waals surface area contributed by atoms with Gasteiger partial charge in [0, 0.05) is 17.4 Å². The normalized spacial score (nSPS) is 10.7. The summed E-state index contributed by atoms with van der Waals surface area (Å²) in [6.45, 7) is 0.609. The maximum atomic E-state index is 12.8. The summed E-state index contributed by atoms with van der Waals surface area (Å²) >= 11 is 0. The van der Waals surface area contributed by atoms with Crippen molar-refractivity contribution in [2.75, 3.05) is 5.32 Å². The lowest BCUT2D eigenvalue weighted by atomic mass is 10.00. The van der Waals surface area contributed by atoms with E-state index in [1.807, 2.05) is 19.1 Å². The van der Waals surface area contributed by atoms with Crippen LogP contribution in [0.5, 0.6) is 5.75 Å². The number of aromatic amines is 1. The first-order valence-corrected chi connectivity index (χ1v) is 9.67. The zero-order chi connectivity index (χ0) is 22.4. The van der Waals surface area contributed by atoms with Crippen molar-refractivity contribution in [3.63, 3.8) is 0 Å². The number of amidine groups is 1. The molecular formula is C22H23F2N5O2. The monoisotopic (exact) mass is 427 g/mol. The van der Waals surface area contributed by atoms with Crippen LogP contribution in [0, 0.1) is 5.41 Å². The summed E-state index contributed by atoms with van der Waals surface area (Å²) < 4.78 is 29.3. The molecule has 1 heterocycles. The molecule has 3 rings (SSSR count). The van der Waals surface area contributed by atoms with Crippen molar-refractivity contribution >= 4 is 17.6 Å². The minimum Gasteiger partial charge on any atom is -0.435 e. The molecule has 2 aromatic carbocycles. The Labute approximate surface area is 178 Å². The van der Waals surface area contributed by atoms with E-state index in [0.717, 1.165) is 23.1 Å². The fourth-order valence-electron chi connectivity index (χ4n) is 3.18. The Morgan fingerprint density at radius 3 is 2.74 bits per heavy atom. The SMILES string of the molecule is CCc1cc(NC(=O)N(Cc2cccc(OC(F)F)c2)C(C)=N)ccc1-c1cn[nH]c1. The van der Waals surface area contributed by atoms with Gasteiger partial charge < -0.3 is 10.1 Å². The molecule has 1 aromatic heterocycles. The largest absolute Gasteiger partial charge is 0.435 e. The van der Waals surface area contributed by atoms with Crippen LogP contribution in [0.4, 0.5) is 19.3 Å². The first-order chi connectivity index (χ1) is 14.9. The summed E-state index contributed by atoms with van der Waals surface area (Å²) in [4.78, 5) is 14.1. The predicted molar refractivity (Wildman–Crippen MR) is 114 cm³/mol. The molecule has 3 N–H and O–H groups in total. The third-order valence-electron chi connectivity index (χ3n) is 4.66. The van der Waals surface area contributed by atoms with Crippen molar-refractivity contribution in [1.82, 2.24) is 15.1 Å². The zero-order valence-electron chi connectivity index (χ0n) is 17.2. The number of amides is 2. The second kappa shape index (κ2) is 9.84. The van der Waals surface area contributed by atoms with E-state index in [1.54, 1.807) is 30.6 Å². The fraction of sp³-hybridized carbons (Fsp3) is 0.227. The second-order valence-corrected chi connectivity index (χ2v) is 6.84. The van der Waals surface area contributed by atoms with E-state index in [0.29, 0.717) is 11.3 Å². The Morgan fingerprint density at radius 2 is 2.10 bits per heavy atom. The average Bonchev–Trinajstić information content (AvgIpc) is 3.26. The lowest BCUT2D eigenvalue weighted by Gasteiger charge is -2.22. The number of hydrogen-bond acceptors (Lipinski definition) is 4. The molecule has 0 aliphatic rings. The molecule has 0 saturated heterocycles. The molecule has 7 nitrogen and oxygen atoms in total. The number of aromatic nitrogens is 2. The maximum Gasteiger partial charge on any atom is 0.387 e. The van der Waals surface area contributed by atoms with Crippen LogP contribution >= 0.6 is 0 Å². The predicted octanol–water partition coefficient (Wildman–Crippen LogP) is 5.27. The minimum atomic E-state index is -2.93. The Morgan fingerprint density at radius 1 is 1.29 bits per heavy atom. The maximum absolute atomic E-state index is 12.8. The van der Waals surface area contributed by atoms with Crippen LogP contribution in [0.25, 0.3) is 11.1 Å². The smallest absolute Gasteiger partial charge is 0.387 e. The first kappa shape index (κ1) is 21.9. The number of urea groups is 1. The number of halogens is 2. The van der Waals surface area contributed by atoms with Crippen molar-refractivity contribution in [2.45, 2.75) is 33.4 Å². The number of aryl methyl sites for hydroxylation is 1. The number of H-pyrrole nitrogens is 1. The minimum absolute atomic E-state index is 0.00193. The molecule has 0 spiro atoms. The van der Waals surface area contributed by atoms with E-state index in [9.17, 15) is 13.6 Å². The van der Waals surface area contributed by atoms with Gasteiger partial charge in [0.25, 0.3) is 0 Å². The van der Waals surface area contributed by atoms with Gasteiger partial charge in [-0.2, -0.15) is 13.9 Å². The summed E-state index contributed by atoms with van der Waals surface area (Å²) in [5.41, 5.74) is 4.16. The molecule has 3 aromatic rings. The van der Waals surface area contributed by atoms with Crippen molar-refractivity contribution < 1.29 is 18.3 Å². The standard InChI is InChI=1S/C22H23F2N5O2/c1-3-16-10-18(7-8-20(16)17-11-26-27-12-17)28-22(30)29(14(2)25)13-15-5-4-6-19(9-15)31-21(23)24/h4-12,21,25H,3,13H2,1-2H3,(H,26,27)(H,28,30). The van der Waals surface area contributed by atoms with Crippen LogP contribution in [-0.2, 0) is 13.0 Å². The van der Waals surface area contributed by atoms with Crippen LogP contribution in [0.2, 0.25) is 0 Å². The number of benzene rings is 2. The molecule has 0 saturated carbocycles. The van der Waals surface area contributed by atoms with Gasteiger partial charge in [-0.25, -0.2) is 4.79 Å². The molecule has 0 bridgehead atoms. The lowest BCUT2D eigenvalue weighted by Crippen LogP contribution is -2.37. The van der Waals surface area contributed by atoms with E-state index in [-0.39, 0.29) is 18.1 Å². The van der Waals surface area contributed by atoms with Crippen LogP contribution in [-0.4, -0.2) is 33.6 Å². The van der Waals surface area contributed by atoms with Gasteiger partial charge in [-0.1, -0.05) is 25.1 Å². The highest BCUT2D eigenvalue weighted by Crippen LogP contribution is 2.26. The number of nitrogens with zero attached hydrogens (tertiary/aromatic N) is 2. The second-order valence-electron chi connectivity index (χ2n) is 6.84. The Balaban J connectivity index is 1.76. The van der Waals surface area contributed by atoms with Gasteiger partial charge in [-0.15, -0.1) is 0 Å². The molecule has 9 heteroatoms. The molecule has 2 amide bonds. The molecule has 162 valence electrons. The fourth-order valence-corrected chi connectivity index (χ4v) is 3.18. The molecule has 0 aliphatic heterocycles. The number of carbonyl (C=O) groups excluding carboxylic acids is 1. The van der Waals surface area contributed by atoms with Gasteiger partial charge in [-0.05, 0) is 54.3 Å². The van der Waals surface area contributed by atoms with Gasteiger partial charge in [0.2, 0.25) is 0 Å². The van der Waals surface area contributed by atoms with Crippen LogP contribution in [0.1, 0.15) is 25.0 Å². The van der Waals surface area contributed by atoms with E-state index >= 15 is 0 Å². The number of anilines is 1. The van der Waals surface area contributed by atoms with Crippen molar-refractivity contribution in [3.05, 3.63) is 66.0 Å². The number of rotatable bonds is 7. The van der Waals surface area contributed by atoms with Crippen molar-refractivity contribution in [3.8, 4) is 16.9 Å². The number of ether oxygens (including phenoxy) is 1. The molecule has 31 heavy (non-hydrogen) atoms. The lowest BCUT2D eigenvalue weighted by molar-refractivity contribution is -0.0499. The highest BCUT2D eigenvalue weighted by molar-refractivity contribution is 6.01. The molecular weight excluding hydrogens is 404 g/mol. The van der Waals surface area contributed by atoms with Crippen LogP contribution in [0.15, 0.2) is 54.9 Å². The third-order valence-corrected chi connectivity index (χ3v) is 4.66. The van der Waals surface area contributed by atoms with E-state index in [1.165, 1.54) is 24.0 Å². The molecule has 0 unspecified atom stereocenters. The van der Waals surface area contributed by atoms with Gasteiger partial charge in [0.15, 0.2) is 0 Å². The van der Waals surface area contributed by atoms with Crippen molar-refractivity contribution in [2.24, 2.45) is 0 Å². The number of nitrogens with one attached hydrogen (secondary N) is 3. The first-order valence-electron chi connectivity index (χ1n) is 9.67. The summed E-state index contributed by atoms with van der Waals surface area (Å²) in [5.74, 6) is 0.0151. The summed E-state index contributed by atoms with van der Waals surface area (Å²) in [7, 11) is 0. The van der Waals surface area contributed by atoms with E-state index < -0.39 is 12.6 Å². The summed E-state index contributed by atoms with van der Waals surface area (Å²) in [5, 5.41) is 17.5. The number of hydrogen-bond donors (Lipinski definition) is 3. The van der Waals surface area contributed by atoms with Gasteiger partial charge >= 0.3 is 12.6 Å². The van der Waals surface area contributed by atoms with Crippen LogP contribution in [0.3, 0.4) is 0 Å². The quantitative estimate of drug-likeness (QED) is 0.354. The number of carbonyl (C=O) groups is 1. The van der Waals surface area contributed by atoms with Gasteiger partial charge in [0.1, 0.15) is 11.6 Å². The highest BCUT2D eigenvalue weighted by atomic mass is 19.3. The Bertz CT molecular complexity index is 1050. The van der Waals surface area contributed by atoms with Gasteiger partial charge in [0.05, 0.1) is 12.7 Å². The zero-order valence-corrected chi connectivity index (χ0v) is 17.2. The van der Waals surface area contributed by atoms with Gasteiger partial charge in [-0.3, -0.25) is 15.4 Å². The van der Waals surface area contributed by atoms with E-state index in [4.69, 9.17) is 5.41 Å². The topological polar surface area (TPSA) is 94.1 Å². The number of alkyl halides is 2. The summed E-state index contributed by atoms with van der Waals surface area (Å²) in [6.07, 6.45) is 4.30. The molecule has 0 aliphatic carbocycles. The summed E-state index contributed by atoms with van der Waals surface area (Å²) in [6, 6.07) is 11.1. The van der Waals surface area contributed by atoms with Crippen molar-refractivity contribution in [1.29, 1.82) is 5.41 Å². The Hall–Kier alpha value is -3.75. The molecule has 0 atom stereocenters. The highest BCUT2D eigenvalue weighted by Gasteiger charge is 2.18. The Kier molecular flexibility index (Phi) is 6.96. The van der Waals surface area contributed by atoms with E-state index in [2.05, 4.69) is 20.3 Å². The van der Waals surface area contributed by atoms with Crippen LogP contribution < -0.4 is 10.1 Å². The molecule has 0 radical (unpaired) electrons.